The van der Waals surface area contributed by atoms with E-state index in [0.717, 1.165) is 42.3 Å². The van der Waals surface area contributed by atoms with Crippen LogP contribution in [0, 0.1) is 19.8 Å². The fraction of sp³-hybridized carbons (Fsp3) is 0.611. The summed E-state index contributed by atoms with van der Waals surface area (Å²) < 4.78 is 15.1. The molecule has 5 nitrogen and oxygen atoms in total. The van der Waals surface area contributed by atoms with Gasteiger partial charge in [0.2, 0.25) is 0 Å². The summed E-state index contributed by atoms with van der Waals surface area (Å²) in [5.74, 6) is -0.0811. The van der Waals surface area contributed by atoms with Crippen molar-refractivity contribution in [1.29, 1.82) is 0 Å². The van der Waals surface area contributed by atoms with Crippen LogP contribution in [0.5, 0.6) is 0 Å². The van der Waals surface area contributed by atoms with Crippen LogP contribution in [0.2, 0.25) is 0 Å². The van der Waals surface area contributed by atoms with E-state index in [0.29, 0.717) is 15.4 Å². The zero-order chi connectivity index (χ0) is 17.8. The lowest BCUT2D eigenvalue weighted by molar-refractivity contribution is -0.0672. The molecule has 1 aliphatic carbocycles. The molecule has 2 fully saturated rings. The maximum atomic E-state index is 15.1. The number of likely N-dealkylation sites (tertiary alicyclic amines) is 1. The number of rotatable bonds is 2. The molecule has 0 atom stereocenters. The number of amides is 1. The van der Waals surface area contributed by atoms with Crippen molar-refractivity contribution < 1.29 is 9.18 Å². The molecule has 2 aliphatic rings. The molecule has 25 heavy (non-hydrogen) atoms. The second-order valence-corrected chi connectivity index (χ2v) is 8.47. The molecule has 1 aliphatic heterocycles. The van der Waals surface area contributed by atoms with Crippen molar-refractivity contribution in [3.05, 3.63) is 16.1 Å². The Morgan fingerprint density at radius 2 is 1.92 bits per heavy atom. The number of aromatic nitrogens is 2. The number of fused-ring (bicyclic) bond motifs is 1. The van der Waals surface area contributed by atoms with Gasteiger partial charge in [-0.25, -0.2) is 4.39 Å². The predicted molar refractivity (Wildman–Crippen MR) is 97.6 cm³/mol. The van der Waals surface area contributed by atoms with Gasteiger partial charge in [0.25, 0.3) is 5.91 Å². The van der Waals surface area contributed by atoms with E-state index in [4.69, 9.17) is 5.73 Å². The molecule has 2 aromatic rings. The second kappa shape index (κ2) is 5.90. The third-order valence-electron chi connectivity index (χ3n) is 5.86. The molecular formula is C18H23FN4OS. The Hall–Kier alpha value is -1.76. The van der Waals surface area contributed by atoms with E-state index in [9.17, 15) is 4.79 Å². The smallest absolute Gasteiger partial charge is 0.266 e. The molecule has 2 aromatic heterocycles. The van der Waals surface area contributed by atoms with Gasteiger partial charge in [0.05, 0.1) is 24.5 Å². The highest BCUT2D eigenvalue weighted by Gasteiger charge is 2.51. The first-order valence-electron chi connectivity index (χ1n) is 8.91. The molecule has 2 N–H and O–H groups in total. The number of carbonyl (C=O) groups is 1. The zero-order valence-electron chi connectivity index (χ0n) is 14.6. The number of thiophene rings is 1. The number of alkyl halides is 1. The summed E-state index contributed by atoms with van der Waals surface area (Å²) in [5, 5.41) is 9.06. The number of nitrogen functional groups attached to an aromatic ring is 1. The Kier molecular flexibility index (Phi) is 3.94. The highest BCUT2D eigenvalue weighted by Crippen LogP contribution is 2.43. The van der Waals surface area contributed by atoms with E-state index in [-0.39, 0.29) is 24.9 Å². The van der Waals surface area contributed by atoms with Crippen molar-refractivity contribution in [1.82, 2.24) is 15.1 Å². The Labute approximate surface area is 150 Å². The van der Waals surface area contributed by atoms with Crippen LogP contribution >= 0.6 is 11.3 Å². The van der Waals surface area contributed by atoms with Gasteiger partial charge in [0.15, 0.2) is 0 Å². The molecule has 134 valence electrons. The number of hydrogen-bond donors (Lipinski definition) is 1. The van der Waals surface area contributed by atoms with E-state index in [2.05, 4.69) is 10.2 Å². The van der Waals surface area contributed by atoms with Gasteiger partial charge in [-0.3, -0.25) is 4.79 Å². The molecule has 3 heterocycles. The number of nitrogens with zero attached hydrogens (tertiary/aromatic N) is 3. The Morgan fingerprint density at radius 1 is 1.24 bits per heavy atom. The summed E-state index contributed by atoms with van der Waals surface area (Å²) >= 11 is 1.26. The minimum atomic E-state index is -1.21. The van der Waals surface area contributed by atoms with Crippen LogP contribution in [0.1, 0.15) is 53.0 Å². The molecule has 4 rings (SSSR count). The lowest BCUT2D eigenvalue weighted by Gasteiger charge is -2.49. The molecule has 0 bridgehead atoms. The minimum Gasteiger partial charge on any atom is -0.397 e. The minimum absolute atomic E-state index is 0.0980. The van der Waals surface area contributed by atoms with Crippen LogP contribution in [-0.2, 0) is 0 Å². The average molecular weight is 362 g/mol. The van der Waals surface area contributed by atoms with Gasteiger partial charge in [-0.15, -0.1) is 16.4 Å². The number of hydrogen-bond acceptors (Lipinski definition) is 5. The van der Waals surface area contributed by atoms with Gasteiger partial charge in [-0.1, -0.05) is 19.3 Å². The first kappa shape index (κ1) is 16.7. The summed E-state index contributed by atoms with van der Waals surface area (Å²) in [6.07, 6.45) is 5.29. The van der Waals surface area contributed by atoms with E-state index >= 15 is 4.39 Å². The van der Waals surface area contributed by atoms with Gasteiger partial charge in [0.1, 0.15) is 15.4 Å². The molecule has 7 heteroatoms. The summed E-state index contributed by atoms with van der Waals surface area (Å²) in [7, 11) is 0. The van der Waals surface area contributed by atoms with Gasteiger partial charge in [-0.05, 0) is 38.2 Å². The van der Waals surface area contributed by atoms with Gasteiger partial charge >= 0.3 is 0 Å². The predicted octanol–water partition coefficient (Wildman–Crippen LogP) is 3.63. The van der Waals surface area contributed by atoms with E-state index in [1.54, 1.807) is 4.90 Å². The molecule has 0 radical (unpaired) electrons. The summed E-state index contributed by atoms with van der Waals surface area (Å²) in [4.78, 5) is 15.5. The standard InChI is InChI=1S/C18H23FN4OS/c1-10-11(2)21-22-16-13(10)14(20)15(25-16)17(24)23-8-18(19,9-23)12-6-4-3-5-7-12/h12H,3-9,20H2,1-2H3. The number of carbonyl (C=O) groups excluding carboxylic acids is 1. The van der Waals surface area contributed by atoms with E-state index in [1.165, 1.54) is 17.8 Å². The van der Waals surface area contributed by atoms with Crippen molar-refractivity contribution in [2.24, 2.45) is 5.92 Å². The molecule has 1 saturated heterocycles. The SMILES string of the molecule is Cc1nnc2sc(C(=O)N3CC(F)(C4CCCCC4)C3)c(N)c2c1C. The number of halogens is 1. The van der Waals surface area contributed by atoms with Crippen molar-refractivity contribution in [2.75, 3.05) is 18.8 Å². The Balaban J connectivity index is 1.56. The zero-order valence-corrected chi connectivity index (χ0v) is 15.5. The van der Waals surface area contributed by atoms with Crippen LogP contribution in [-0.4, -0.2) is 39.8 Å². The number of anilines is 1. The third kappa shape index (κ3) is 2.60. The summed E-state index contributed by atoms with van der Waals surface area (Å²) in [5.41, 5.74) is 7.23. The van der Waals surface area contributed by atoms with Crippen LogP contribution < -0.4 is 5.73 Å². The van der Waals surface area contributed by atoms with Gasteiger partial charge < -0.3 is 10.6 Å². The largest absolute Gasteiger partial charge is 0.397 e. The van der Waals surface area contributed by atoms with Gasteiger partial charge in [0, 0.05) is 5.39 Å². The number of aryl methyl sites for hydroxylation is 2. The van der Waals surface area contributed by atoms with Crippen LogP contribution in [0.25, 0.3) is 10.2 Å². The summed E-state index contributed by atoms with van der Waals surface area (Å²) in [6, 6.07) is 0. The van der Waals surface area contributed by atoms with Crippen LogP contribution in [0.15, 0.2) is 0 Å². The van der Waals surface area contributed by atoms with E-state index in [1.807, 2.05) is 13.8 Å². The van der Waals surface area contributed by atoms with Gasteiger partial charge in [-0.2, -0.15) is 5.10 Å². The van der Waals surface area contributed by atoms with E-state index < -0.39 is 5.67 Å². The molecular weight excluding hydrogens is 339 g/mol. The quantitative estimate of drug-likeness (QED) is 0.885. The fourth-order valence-electron chi connectivity index (χ4n) is 4.15. The van der Waals surface area contributed by atoms with Crippen molar-refractivity contribution in [2.45, 2.75) is 51.6 Å². The highest BCUT2D eigenvalue weighted by molar-refractivity contribution is 7.21. The maximum Gasteiger partial charge on any atom is 0.266 e. The lowest BCUT2D eigenvalue weighted by atomic mass is 9.74. The molecule has 0 aromatic carbocycles. The van der Waals surface area contributed by atoms with Crippen LogP contribution in [0.4, 0.5) is 10.1 Å². The fourth-order valence-corrected chi connectivity index (χ4v) is 5.22. The topological polar surface area (TPSA) is 72.1 Å². The van der Waals surface area contributed by atoms with Crippen molar-refractivity contribution in [3.63, 3.8) is 0 Å². The van der Waals surface area contributed by atoms with Crippen molar-refractivity contribution in [3.8, 4) is 0 Å². The second-order valence-electron chi connectivity index (χ2n) is 7.47. The highest BCUT2D eigenvalue weighted by atomic mass is 32.1. The normalized spacial score (nSPS) is 20.7. The Bertz CT molecular complexity index is 837. The first-order valence-corrected chi connectivity index (χ1v) is 9.72. The number of nitrogens with two attached hydrogens (primary N) is 1. The average Bonchev–Trinajstić information content (AvgIpc) is 2.93. The Morgan fingerprint density at radius 3 is 2.60 bits per heavy atom. The summed E-state index contributed by atoms with van der Waals surface area (Å²) in [6.45, 7) is 4.18. The first-order chi connectivity index (χ1) is 11.9. The molecule has 0 spiro atoms. The monoisotopic (exact) mass is 362 g/mol. The molecule has 1 saturated carbocycles. The molecule has 0 unspecified atom stereocenters. The van der Waals surface area contributed by atoms with Crippen LogP contribution in [0.3, 0.4) is 0 Å². The lowest BCUT2D eigenvalue weighted by Crippen LogP contribution is -2.64. The van der Waals surface area contributed by atoms with Crippen molar-refractivity contribution >= 4 is 33.1 Å². The maximum absolute atomic E-state index is 15.1. The third-order valence-corrected chi connectivity index (χ3v) is 6.94. The molecule has 1 amide bonds.